The standard InChI is InChI=1S/C14H17FN2/c1-3-17-8-4-5-13(17)10-16-12-7-6-11(2)14(15)9-12/h4-9,16H,3,10H2,1-2H3. The highest BCUT2D eigenvalue weighted by atomic mass is 19.1. The van der Waals surface area contributed by atoms with Crippen LogP contribution in [0, 0.1) is 12.7 Å². The molecule has 2 rings (SSSR count). The number of hydrogen-bond donors (Lipinski definition) is 1. The van der Waals surface area contributed by atoms with Crippen LogP contribution in [0.5, 0.6) is 0 Å². The van der Waals surface area contributed by atoms with E-state index in [4.69, 9.17) is 0 Å². The zero-order chi connectivity index (χ0) is 12.3. The molecule has 0 saturated carbocycles. The summed E-state index contributed by atoms with van der Waals surface area (Å²) in [7, 11) is 0. The lowest BCUT2D eigenvalue weighted by Gasteiger charge is -2.09. The van der Waals surface area contributed by atoms with Crippen LogP contribution in [-0.2, 0) is 13.1 Å². The summed E-state index contributed by atoms with van der Waals surface area (Å²) in [5.41, 5.74) is 2.69. The Hall–Kier alpha value is -1.77. The van der Waals surface area contributed by atoms with Crippen molar-refractivity contribution < 1.29 is 4.39 Å². The molecule has 0 amide bonds. The SMILES string of the molecule is CCn1cccc1CNc1ccc(C)c(F)c1. The number of hydrogen-bond acceptors (Lipinski definition) is 1. The van der Waals surface area contributed by atoms with Crippen LogP contribution in [0.2, 0.25) is 0 Å². The molecule has 2 nitrogen and oxygen atoms in total. The van der Waals surface area contributed by atoms with Gasteiger partial charge in [0, 0.05) is 24.1 Å². The minimum Gasteiger partial charge on any atom is -0.379 e. The first-order valence-corrected chi connectivity index (χ1v) is 5.84. The van der Waals surface area contributed by atoms with Gasteiger partial charge in [0.2, 0.25) is 0 Å². The van der Waals surface area contributed by atoms with E-state index < -0.39 is 0 Å². The summed E-state index contributed by atoms with van der Waals surface area (Å²) in [5, 5.41) is 3.23. The van der Waals surface area contributed by atoms with Crippen molar-refractivity contribution >= 4 is 5.69 Å². The lowest BCUT2D eigenvalue weighted by molar-refractivity contribution is 0.619. The van der Waals surface area contributed by atoms with Crippen molar-refractivity contribution in [2.75, 3.05) is 5.32 Å². The van der Waals surface area contributed by atoms with Gasteiger partial charge in [-0.3, -0.25) is 0 Å². The number of anilines is 1. The van der Waals surface area contributed by atoms with Gasteiger partial charge in [-0.25, -0.2) is 4.39 Å². The Labute approximate surface area is 101 Å². The van der Waals surface area contributed by atoms with E-state index in [1.165, 1.54) is 11.8 Å². The molecule has 0 aliphatic rings. The number of nitrogens with zero attached hydrogens (tertiary/aromatic N) is 1. The zero-order valence-corrected chi connectivity index (χ0v) is 10.2. The Morgan fingerprint density at radius 1 is 1.29 bits per heavy atom. The number of aromatic nitrogens is 1. The summed E-state index contributed by atoms with van der Waals surface area (Å²) in [6.07, 6.45) is 2.05. The molecule has 3 heteroatoms. The van der Waals surface area contributed by atoms with E-state index in [0.29, 0.717) is 12.1 Å². The van der Waals surface area contributed by atoms with Crippen LogP contribution in [0.15, 0.2) is 36.5 Å². The van der Waals surface area contributed by atoms with Gasteiger partial charge < -0.3 is 9.88 Å². The second kappa shape index (κ2) is 5.04. The van der Waals surface area contributed by atoms with Crippen LogP contribution >= 0.6 is 0 Å². The highest BCUT2D eigenvalue weighted by Gasteiger charge is 2.01. The Kier molecular flexibility index (Phi) is 3.47. The molecule has 1 aromatic heterocycles. The predicted octanol–water partition coefficient (Wildman–Crippen LogP) is 3.57. The first-order chi connectivity index (χ1) is 8.20. The topological polar surface area (TPSA) is 17.0 Å². The van der Waals surface area contributed by atoms with Gasteiger partial charge in [0.25, 0.3) is 0 Å². The molecule has 2 aromatic rings. The van der Waals surface area contributed by atoms with Gasteiger partial charge in [-0.2, -0.15) is 0 Å². The summed E-state index contributed by atoms with van der Waals surface area (Å²) in [4.78, 5) is 0. The van der Waals surface area contributed by atoms with Crippen molar-refractivity contribution in [2.45, 2.75) is 26.9 Å². The molecule has 0 aliphatic carbocycles. The second-order valence-electron chi connectivity index (χ2n) is 4.10. The number of benzene rings is 1. The van der Waals surface area contributed by atoms with E-state index >= 15 is 0 Å². The third-order valence-corrected chi connectivity index (χ3v) is 2.91. The molecule has 0 bridgehead atoms. The molecule has 0 saturated heterocycles. The summed E-state index contributed by atoms with van der Waals surface area (Å²) in [5.74, 6) is -0.166. The van der Waals surface area contributed by atoms with E-state index in [0.717, 1.165) is 12.2 Å². The van der Waals surface area contributed by atoms with Crippen LogP contribution in [0.4, 0.5) is 10.1 Å². The summed E-state index contributed by atoms with van der Waals surface area (Å²) >= 11 is 0. The summed E-state index contributed by atoms with van der Waals surface area (Å²) in [6.45, 7) is 5.53. The molecule has 0 spiro atoms. The van der Waals surface area contributed by atoms with Crippen molar-refractivity contribution in [3.63, 3.8) is 0 Å². The molecule has 0 atom stereocenters. The largest absolute Gasteiger partial charge is 0.379 e. The monoisotopic (exact) mass is 232 g/mol. The minimum absolute atomic E-state index is 0.166. The molecular formula is C14H17FN2. The first-order valence-electron chi connectivity index (χ1n) is 5.84. The van der Waals surface area contributed by atoms with E-state index in [1.54, 1.807) is 13.0 Å². The number of halogens is 1. The van der Waals surface area contributed by atoms with Gasteiger partial charge in [-0.15, -0.1) is 0 Å². The van der Waals surface area contributed by atoms with Gasteiger partial charge in [0.15, 0.2) is 0 Å². The molecule has 1 heterocycles. The number of aryl methyl sites for hydroxylation is 2. The molecule has 0 aliphatic heterocycles. The normalized spacial score (nSPS) is 10.5. The maximum atomic E-state index is 13.3. The summed E-state index contributed by atoms with van der Waals surface area (Å²) in [6, 6.07) is 9.32. The van der Waals surface area contributed by atoms with Crippen LogP contribution in [0.1, 0.15) is 18.2 Å². The molecule has 0 unspecified atom stereocenters. The van der Waals surface area contributed by atoms with Crippen molar-refractivity contribution in [3.8, 4) is 0 Å². The maximum Gasteiger partial charge on any atom is 0.128 e. The Morgan fingerprint density at radius 3 is 2.82 bits per heavy atom. The zero-order valence-electron chi connectivity index (χ0n) is 10.2. The van der Waals surface area contributed by atoms with Crippen molar-refractivity contribution in [1.29, 1.82) is 0 Å². The Bertz CT molecular complexity index is 503. The highest BCUT2D eigenvalue weighted by Crippen LogP contribution is 2.14. The van der Waals surface area contributed by atoms with E-state index in [-0.39, 0.29) is 5.82 Å². The third-order valence-electron chi connectivity index (χ3n) is 2.91. The highest BCUT2D eigenvalue weighted by molar-refractivity contribution is 5.45. The van der Waals surface area contributed by atoms with Gasteiger partial charge in [0.1, 0.15) is 5.82 Å². The predicted molar refractivity (Wildman–Crippen MR) is 68.6 cm³/mol. The molecule has 17 heavy (non-hydrogen) atoms. The van der Waals surface area contributed by atoms with Crippen molar-refractivity contribution in [2.24, 2.45) is 0 Å². The van der Waals surface area contributed by atoms with E-state index in [1.807, 2.05) is 18.3 Å². The van der Waals surface area contributed by atoms with Gasteiger partial charge in [0.05, 0.1) is 6.54 Å². The molecule has 0 radical (unpaired) electrons. The van der Waals surface area contributed by atoms with Crippen LogP contribution in [-0.4, -0.2) is 4.57 Å². The van der Waals surface area contributed by atoms with Gasteiger partial charge in [-0.1, -0.05) is 6.07 Å². The van der Waals surface area contributed by atoms with Gasteiger partial charge in [-0.05, 0) is 43.7 Å². The van der Waals surface area contributed by atoms with Crippen molar-refractivity contribution in [1.82, 2.24) is 4.57 Å². The molecule has 0 fully saturated rings. The fraction of sp³-hybridized carbons (Fsp3) is 0.286. The van der Waals surface area contributed by atoms with Crippen LogP contribution < -0.4 is 5.32 Å². The fourth-order valence-corrected chi connectivity index (χ4v) is 1.81. The Morgan fingerprint density at radius 2 is 2.12 bits per heavy atom. The Balaban J connectivity index is 2.05. The van der Waals surface area contributed by atoms with Crippen molar-refractivity contribution in [3.05, 3.63) is 53.6 Å². The molecule has 1 aromatic carbocycles. The fourth-order valence-electron chi connectivity index (χ4n) is 1.81. The van der Waals surface area contributed by atoms with Crippen LogP contribution in [0.25, 0.3) is 0 Å². The summed E-state index contributed by atoms with van der Waals surface area (Å²) < 4.78 is 15.5. The molecule has 90 valence electrons. The first kappa shape index (κ1) is 11.7. The second-order valence-corrected chi connectivity index (χ2v) is 4.10. The molecular weight excluding hydrogens is 215 g/mol. The lowest BCUT2D eigenvalue weighted by Crippen LogP contribution is -2.06. The average molecular weight is 232 g/mol. The van der Waals surface area contributed by atoms with Crippen LogP contribution in [0.3, 0.4) is 0 Å². The lowest BCUT2D eigenvalue weighted by atomic mass is 10.2. The van der Waals surface area contributed by atoms with E-state index in [2.05, 4.69) is 22.9 Å². The maximum absolute atomic E-state index is 13.3. The smallest absolute Gasteiger partial charge is 0.128 e. The quantitative estimate of drug-likeness (QED) is 0.852. The minimum atomic E-state index is -0.166. The number of rotatable bonds is 4. The number of nitrogens with one attached hydrogen (secondary N) is 1. The third kappa shape index (κ3) is 2.67. The van der Waals surface area contributed by atoms with E-state index in [9.17, 15) is 4.39 Å². The van der Waals surface area contributed by atoms with Gasteiger partial charge >= 0.3 is 0 Å². The average Bonchev–Trinajstić information content (AvgIpc) is 2.78. The molecule has 1 N–H and O–H groups in total.